The monoisotopic (exact) mass is 398 g/mol. The summed E-state index contributed by atoms with van der Waals surface area (Å²) in [6, 6.07) is 1.11. The summed E-state index contributed by atoms with van der Waals surface area (Å²) in [5, 5.41) is 7.62. The van der Waals surface area contributed by atoms with E-state index in [-0.39, 0.29) is 21.1 Å². The number of hydrogen-bond acceptors (Lipinski definition) is 8. The van der Waals surface area contributed by atoms with Crippen molar-refractivity contribution >= 4 is 31.2 Å². The second-order valence-corrected chi connectivity index (χ2v) is 10.7. The molecule has 2 heterocycles. The number of nitrogens with two attached hydrogens (primary N) is 1. The van der Waals surface area contributed by atoms with E-state index < -0.39 is 25.1 Å². The molecule has 11 heteroatoms. The topological polar surface area (TPSA) is 125 Å². The lowest BCUT2D eigenvalue weighted by Crippen LogP contribution is -2.37. The third-order valence-corrected chi connectivity index (χ3v) is 9.01. The predicted molar refractivity (Wildman–Crippen MR) is 90.4 cm³/mol. The molecule has 1 aliphatic heterocycles. The van der Waals surface area contributed by atoms with Gasteiger partial charge in [0.05, 0.1) is 25.1 Å². The molecule has 0 spiro atoms. The first kappa shape index (κ1) is 19.8. The molecule has 2 rings (SSSR count). The van der Waals surface area contributed by atoms with E-state index in [2.05, 4.69) is 5.32 Å². The van der Waals surface area contributed by atoms with Gasteiger partial charge in [0.25, 0.3) is 0 Å². The lowest BCUT2D eigenvalue weighted by Gasteiger charge is -2.29. The van der Waals surface area contributed by atoms with Gasteiger partial charge in [-0.2, -0.15) is 0 Å². The highest BCUT2D eigenvalue weighted by atomic mass is 32.3. The number of fused-ring (bicyclic) bond motifs is 1. The number of nitrogens with one attached hydrogen (secondary N) is 1. The summed E-state index contributed by atoms with van der Waals surface area (Å²) in [4.78, 5) is 0. The molecule has 0 aliphatic carbocycles. The van der Waals surface area contributed by atoms with E-state index in [1.165, 1.54) is 13.2 Å². The lowest BCUT2D eigenvalue weighted by molar-refractivity contribution is 0.0685. The van der Waals surface area contributed by atoms with E-state index in [9.17, 15) is 16.8 Å². The number of thiophene rings is 1. The number of rotatable bonds is 8. The SMILES string of the molecule is CCN[C@@H]1C[C@@H](COCCOC)S(=O)(=O)c2sc(S(N)(=O)=O)cc21. The molecule has 1 aliphatic rings. The molecule has 0 unspecified atom stereocenters. The maximum Gasteiger partial charge on any atom is 0.247 e. The Kier molecular flexibility index (Phi) is 6.40. The quantitative estimate of drug-likeness (QED) is 0.602. The van der Waals surface area contributed by atoms with Gasteiger partial charge in [-0.05, 0) is 19.0 Å². The van der Waals surface area contributed by atoms with E-state index in [0.717, 1.165) is 0 Å². The number of ether oxygens (including phenoxy) is 2. The van der Waals surface area contributed by atoms with Crippen LogP contribution in [0.5, 0.6) is 0 Å². The third-order valence-electron chi connectivity index (χ3n) is 3.74. The van der Waals surface area contributed by atoms with E-state index in [4.69, 9.17) is 14.6 Å². The van der Waals surface area contributed by atoms with E-state index in [0.29, 0.717) is 43.1 Å². The Labute approximate surface area is 146 Å². The van der Waals surface area contributed by atoms with Crippen LogP contribution >= 0.6 is 11.3 Å². The van der Waals surface area contributed by atoms with Crippen molar-refractivity contribution in [3.63, 3.8) is 0 Å². The van der Waals surface area contributed by atoms with Crippen LogP contribution in [0.2, 0.25) is 0 Å². The van der Waals surface area contributed by atoms with Crippen molar-refractivity contribution in [2.45, 2.75) is 33.1 Å². The van der Waals surface area contributed by atoms with Crippen LogP contribution in [-0.4, -0.2) is 55.6 Å². The molecule has 24 heavy (non-hydrogen) atoms. The Bertz CT molecular complexity index is 772. The van der Waals surface area contributed by atoms with Crippen LogP contribution in [0.15, 0.2) is 14.5 Å². The Morgan fingerprint density at radius 3 is 2.71 bits per heavy atom. The summed E-state index contributed by atoms with van der Waals surface area (Å²) in [7, 11) is -6.08. The number of primary sulfonamides is 1. The minimum Gasteiger partial charge on any atom is -0.382 e. The van der Waals surface area contributed by atoms with Gasteiger partial charge >= 0.3 is 0 Å². The third kappa shape index (κ3) is 4.15. The summed E-state index contributed by atoms with van der Waals surface area (Å²) in [5.74, 6) is 0. The molecule has 3 N–H and O–H groups in total. The van der Waals surface area contributed by atoms with Crippen molar-refractivity contribution in [3.05, 3.63) is 11.6 Å². The van der Waals surface area contributed by atoms with Gasteiger partial charge in [0.2, 0.25) is 10.0 Å². The van der Waals surface area contributed by atoms with E-state index >= 15 is 0 Å². The van der Waals surface area contributed by atoms with Crippen molar-refractivity contribution in [1.29, 1.82) is 0 Å². The zero-order chi connectivity index (χ0) is 18.0. The summed E-state index contributed by atoms with van der Waals surface area (Å²) in [5.41, 5.74) is 0.471. The maximum absolute atomic E-state index is 12.8. The Balaban J connectivity index is 2.36. The molecule has 0 saturated carbocycles. The predicted octanol–water partition coefficient (Wildman–Crippen LogP) is 0.255. The molecule has 8 nitrogen and oxygen atoms in total. The first-order valence-corrected chi connectivity index (χ1v) is 11.3. The molecular weight excluding hydrogens is 376 g/mol. The van der Waals surface area contributed by atoms with Gasteiger partial charge in [0, 0.05) is 18.7 Å². The average Bonchev–Trinajstić information content (AvgIpc) is 2.95. The zero-order valence-electron chi connectivity index (χ0n) is 13.5. The number of sulfonamides is 1. The molecule has 0 amide bonds. The highest BCUT2D eigenvalue weighted by Crippen LogP contribution is 2.42. The van der Waals surface area contributed by atoms with Gasteiger partial charge in [0.1, 0.15) is 8.42 Å². The van der Waals surface area contributed by atoms with Crippen molar-refractivity contribution < 1.29 is 26.3 Å². The molecular formula is C13H22N2O6S3. The van der Waals surface area contributed by atoms with Crippen LogP contribution in [0.4, 0.5) is 0 Å². The van der Waals surface area contributed by atoms with Crippen LogP contribution in [0.1, 0.15) is 24.9 Å². The second kappa shape index (κ2) is 7.77. The van der Waals surface area contributed by atoms with Gasteiger partial charge in [-0.1, -0.05) is 6.92 Å². The number of hydrogen-bond donors (Lipinski definition) is 2. The fraction of sp³-hybridized carbons (Fsp3) is 0.692. The largest absolute Gasteiger partial charge is 0.382 e. The van der Waals surface area contributed by atoms with Gasteiger partial charge in [-0.3, -0.25) is 0 Å². The van der Waals surface area contributed by atoms with Crippen molar-refractivity contribution in [2.24, 2.45) is 5.14 Å². The molecule has 0 saturated heterocycles. The van der Waals surface area contributed by atoms with E-state index in [1.54, 1.807) is 0 Å². The molecule has 0 aromatic carbocycles. The summed E-state index contributed by atoms with van der Waals surface area (Å²) < 4.78 is 58.9. The second-order valence-electron chi connectivity index (χ2n) is 5.43. The Morgan fingerprint density at radius 1 is 1.42 bits per heavy atom. The van der Waals surface area contributed by atoms with Gasteiger partial charge in [-0.25, -0.2) is 22.0 Å². The molecule has 1 aromatic heterocycles. The Morgan fingerprint density at radius 2 is 2.12 bits per heavy atom. The molecule has 138 valence electrons. The highest BCUT2D eigenvalue weighted by Gasteiger charge is 2.41. The van der Waals surface area contributed by atoms with Gasteiger partial charge in [-0.15, -0.1) is 11.3 Å². The molecule has 0 fully saturated rings. The zero-order valence-corrected chi connectivity index (χ0v) is 16.0. The van der Waals surface area contributed by atoms with Crippen molar-refractivity contribution in [3.8, 4) is 0 Å². The molecule has 1 aromatic rings. The normalized spacial score (nSPS) is 23.1. The van der Waals surface area contributed by atoms with Crippen LogP contribution < -0.4 is 10.5 Å². The smallest absolute Gasteiger partial charge is 0.247 e. The fourth-order valence-electron chi connectivity index (χ4n) is 2.59. The van der Waals surface area contributed by atoms with Gasteiger partial charge < -0.3 is 14.8 Å². The Hall–Kier alpha value is -0.560. The van der Waals surface area contributed by atoms with E-state index in [1.807, 2.05) is 6.92 Å². The summed E-state index contributed by atoms with van der Waals surface area (Å²) >= 11 is 0.705. The first-order valence-electron chi connectivity index (χ1n) is 7.42. The fourth-order valence-corrected chi connectivity index (χ4v) is 7.14. The number of sulfone groups is 1. The van der Waals surface area contributed by atoms with Crippen LogP contribution in [-0.2, 0) is 29.3 Å². The standard InChI is InChI=1S/C13H22N2O6S3/c1-3-15-11-6-9(8-21-5-4-20-2)23(16,17)13-10(11)7-12(22-13)24(14,18)19/h7,9,11,15H,3-6,8H2,1-2H3,(H2,14,18,19)/t9-,11+/m0/s1. The number of methoxy groups -OCH3 is 1. The van der Waals surface area contributed by atoms with Gasteiger partial charge in [0.15, 0.2) is 9.84 Å². The van der Waals surface area contributed by atoms with Crippen LogP contribution in [0, 0.1) is 0 Å². The van der Waals surface area contributed by atoms with Crippen molar-refractivity contribution in [1.82, 2.24) is 5.32 Å². The molecule has 2 atom stereocenters. The van der Waals surface area contributed by atoms with Crippen LogP contribution in [0.3, 0.4) is 0 Å². The van der Waals surface area contributed by atoms with Crippen LogP contribution in [0.25, 0.3) is 0 Å². The highest BCUT2D eigenvalue weighted by molar-refractivity contribution is 7.95. The molecule has 0 bridgehead atoms. The summed E-state index contributed by atoms with van der Waals surface area (Å²) in [6.07, 6.45) is 0.316. The average molecular weight is 399 g/mol. The van der Waals surface area contributed by atoms with Crippen molar-refractivity contribution in [2.75, 3.05) is 33.5 Å². The maximum atomic E-state index is 12.8. The lowest BCUT2D eigenvalue weighted by atomic mass is 10.0. The minimum atomic E-state index is -3.95. The minimum absolute atomic E-state index is 0.0373. The first-order chi connectivity index (χ1) is 11.2. The molecule has 0 radical (unpaired) electrons. The summed E-state index contributed by atoms with van der Waals surface area (Å²) in [6.45, 7) is 3.24.